The highest BCUT2D eigenvalue weighted by molar-refractivity contribution is 6.26. The van der Waals surface area contributed by atoms with Gasteiger partial charge in [0.25, 0.3) is 11.8 Å². The van der Waals surface area contributed by atoms with E-state index in [1.807, 2.05) is 18.2 Å². The molecule has 1 aromatic heterocycles. The molecule has 1 fully saturated rings. The zero-order valence-corrected chi connectivity index (χ0v) is 20.1. The molecule has 0 bridgehead atoms. The minimum absolute atomic E-state index is 0.132. The van der Waals surface area contributed by atoms with Crippen LogP contribution in [0.15, 0.2) is 36.4 Å². The number of aromatic nitrogens is 1. The lowest BCUT2D eigenvalue weighted by atomic mass is 9.98. The number of hydrogen-bond acceptors (Lipinski definition) is 7. The number of hydrogen-bond donors (Lipinski definition) is 3. The first-order valence-electron chi connectivity index (χ1n) is 11.7. The number of carbonyl (C=O) groups is 3. The molecule has 2 aliphatic rings. The number of anilines is 1. The van der Waals surface area contributed by atoms with Gasteiger partial charge >= 0.3 is 6.09 Å². The van der Waals surface area contributed by atoms with Crippen molar-refractivity contribution in [2.24, 2.45) is 0 Å². The fraction of sp³-hybridized carbons (Fsp3) is 0.346. The first kappa shape index (κ1) is 23.1. The molecule has 3 aromatic rings. The monoisotopic (exact) mass is 475 g/mol. The molecular formula is C26H29N5O4. The number of carbonyl (C=O) groups excluding carboxylic acids is 3. The normalized spacial score (nSPS) is 16.4. The van der Waals surface area contributed by atoms with Crippen LogP contribution < -0.4 is 16.4 Å². The highest BCUT2D eigenvalue weighted by Crippen LogP contribution is 2.36. The van der Waals surface area contributed by atoms with Gasteiger partial charge in [0.2, 0.25) is 0 Å². The molecule has 2 aromatic carbocycles. The Labute approximate surface area is 203 Å². The van der Waals surface area contributed by atoms with Gasteiger partial charge in [-0.2, -0.15) is 0 Å². The van der Waals surface area contributed by atoms with E-state index in [1.54, 1.807) is 32.9 Å². The lowest BCUT2D eigenvalue weighted by molar-refractivity contribution is 0.0546. The third-order valence-electron chi connectivity index (χ3n) is 6.25. The molecule has 2 aliphatic heterocycles. The molecule has 3 heterocycles. The molecule has 2 amide bonds. The molecule has 9 heteroatoms. The van der Waals surface area contributed by atoms with Gasteiger partial charge in [-0.15, -0.1) is 0 Å². The Morgan fingerprint density at radius 2 is 1.74 bits per heavy atom. The van der Waals surface area contributed by atoms with Crippen molar-refractivity contribution >= 4 is 34.5 Å². The molecule has 1 saturated heterocycles. The van der Waals surface area contributed by atoms with Crippen LogP contribution in [0.5, 0.6) is 0 Å². The average Bonchev–Trinajstić information content (AvgIpc) is 3.31. The highest BCUT2D eigenvalue weighted by atomic mass is 16.6. The van der Waals surface area contributed by atoms with Crippen molar-refractivity contribution in [3.63, 3.8) is 0 Å². The number of imide groups is 1. The molecular weight excluding hydrogens is 446 g/mol. The molecule has 35 heavy (non-hydrogen) atoms. The van der Waals surface area contributed by atoms with E-state index >= 15 is 0 Å². The van der Waals surface area contributed by atoms with Gasteiger partial charge in [-0.05, 0) is 56.7 Å². The van der Waals surface area contributed by atoms with Crippen molar-refractivity contribution in [1.29, 1.82) is 0 Å². The maximum absolute atomic E-state index is 13.4. The van der Waals surface area contributed by atoms with Gasteiger partial charge in [-0.25, -0.2) is 9.36 Å². The fourth-order valence-electron chi connectivity index (χ4n) is 4.73. The van der Waals surface area contributed by atoms with Crippen molar-refractivity contribution in [3.8, 4) is 11.3 Å². The van der Waals surface area contributed by atoms with Gasteiger partial charge in [-0.1, -0.05) is 6.07 Å². The van der Waals surface area contributed by atoms with Gasteiger partial charge in [0, 0.05) is 49.4 Å². The van der Waals surface area contributed by atoms with E-state index in [1.165, 1.54) is 4.57 Å². The third-order valence-corrected chi connectivity index (χ3v) is 6.25. The van der Waals surface area contributed by atoms with Gasteiger partial charge in [0.05, 0.1) is 22.3 Å². The lowest BCUT2D eigenvalue weighted by Gasteiger charge is -2.27. The Bertz CT molecular complexity index is 1360. The minimum Gasteiger partial charge on any atom is -0.443 e. The van der Waals surface area contributed by atoms with Crippen LogP contribution in [0.3, 0.4) is 0 Å². The minimum atomic E-state index is -0.719. The van der Waals surface area contributed by atoms with Gasteiger partial charge < -0.3 is 15.8 Å². The summed E-state index contributed by atoms with van der Waals surface area (Å²) in [6.45, 7) is 10.1. The molecule has 5 rings (SSSR count). The quantitative estimate of drug-likeness (QED) is 0.394. The first-order valence-corrected chi connectivity index (χ1v) is 11.7. The average molecular weight is 476 g/mol. The predicted molar refractivity (Wildman–Crippen MR) is 133 cm³/mol. The number of nitrogens with one attached hydrogen (secondary N) is 2. The van der Waals surface area contributed by atoms with Crippen molar-refractivity contribution < 1.29 is 19.1 Å². The molecule has 0 spiro atoms. The molecule has 0 atom stereocenters. The zero-order valence-electron chi connectivity index (χ0n) is 20.1. The number of fused-ring (bicyclic) bond motifs is 2. The summed E-state index contributed by atoms with van der Waals surface area (Å²) in [6, 6.07) is 11.1. The van der Waals surface area contributed by atoms with E-state index in [4.69, 9.17) is 10.5 Å². The molecule has 4 N–H and O–H groups in total. The molecule has 182 valence electrons. The molecule has 9 nitrogen and oxygen atoms in total. The van der Waals surface area contributed by atoms with E-state index in [2.05, 4.69) is 21.6 Å². The predicted octanol–water partition coefficient (Wildman–Crippen LogP) is 2.96. The standard InChI is InChI=1S/C26H29N5O4/c1-26(2,3)35-25(34)31-19-7-4-15(14-30-10-8-28-9-11-30)12-16(19)13-20(31)17-5-6-18(27)22-21(17)23(32)29-24(22)33/h4-7,12-13,28H,8-11,14,27H2,1-3H3,(H,29,32,33). The van der Waals surface area contributed by atoms with E-state index in [-0.39, 0.29) is 16.8 Å². The Balaban J connectivity index is 1.66. The van der Waals surface area contributed by atoms with Crippen LogP contribution in [-0.4, -0.2) is 59.2 Å². The van der Waals surface area contributed by atoms with Gasteiger partial charge in [-0.3, -0.25) is 19.8 Å². The zero-order chi connectivity index (χ0) is 24.9. The first-order chi connectivity index (χ1) is 16.6. The van der Waals surface area contributed by atoms with Crippen LogP contribution in [0.2, 0.25) is 0 Å². The Morgan fingerprint density at radius 3 is 2.46 bits per heavy atom. The van der Waals surface area contributed by atoms with Crippen LogP contribution in [0.1, 0.15) is 47.1 Å². The fourth-order valence-corrected chi connectivity index (χ4v) is 4.73. The van der Waals surface area contributed by atoms with Crippen molar-refractivity contribution in [3.05, 3.63) is 53.1 Å². The Morgan fingerprint density at radius 1 is 1.03 bits per heavy atom. The number of rotatable bonds is 3. The van der Waals surface area contributed by atoms with Crippen LogP contribution >= 0.6 is 0 Å². The van der Waals surface area contributed by atoms with Crippen LogP contribution in [-0.2, 0) is 11.3 Å². The van der Waals surface area contributed by atoms with E-state index < -0.39 is 23.5 Å². The number of nitrogen functional groups attached to an aromatic ring is 1. The summed E-state index contributed by atoms with van der Waals surface area (Å²) in [5.74, 6) is -1.07. The number of amides is 2. The van der Waals surface area contributed by atoms with E-state index in [9.17, 15) is 14.4 Å². The summed E-state index contributed by atoms with van der Waals surface area (Å²) in [4.78, 5) is 40.8. The smallest absolute Gasteiger partial charge is 0.419 e. The van der Waals surface area contributed by atoms with Crippen molar-refractivity contribution in [2.45, 2.75) is 32.9 Å². The summed E-state index contributed by atoms with van der Waals surface area (Å²) in [6.07, 6.45) is -0.562. The number of nitrogens with zero attached hydrogens (tertiary/aromatic N) is 2. The molecule has 0 aliphatic carbocycles. The summed E-state index contributed by atoms with van der Waals surface area (Å²) in [7, 11) is 0. The summed E-state index contributed by atoms with van der Waals surface area (Å²) in [5, 5.41) is 6.52. The highest BCUT2D eigenvalue weighted by Gasteiger charge is 2.34. The summed E-state index contributed by atoms with van der Waals surface area (Å²) < 4.78 is 7.18. The second-order valence-electron chi connectivity index (χ2n) is 10.0. The molecule has 0 saturated carbocycles. The Kier molecular flexibility index (Phi) is 5.61. The van der Waals surface area contributed by atoms with Crippen molar-refractivity contribution in [1.82, 2.24) is 20.1 Å². The third kappa shape index (κ3) is 4.28. The number of ether oxygens (including phenoxy) is 1. The van der Waals surface area contributed by atoms with E-state index in [0.29, 0.717) is 16.8 Å². The van der Waals surface area contributed by atoms with Crippen LogP contribution in [0, 0.1) is 0 Å². The molecule has 0 radical (unpaired) electrons. The second kappa shape index (κ2) is 8.51. The lowest BCUT2D eigenvalue weighted by Crippen LogP contribution is -2.42. The SMILES string of the molecule is CC(C)(C)OC(=O)n1c(-c2ccc(N)c3c2C(=O)NC3=O)cc2cc(CN3CCNCC3)ccc21. The largest absolute Gasteiger partial charge is 0.443 e. The number of nitrogens with two attached hydrogens (primary N) is 1. The second-order valence-corrected chi connectivity index (χ2v) is 10.0. The summed E-state index contributed by atoms with van der Waals surface area (Å²) in [5.41, 5.74) is 8.52. The summed E-state index contributed by atoms with van der Waals surface area (Å²) >= 11 is 0. The number of piperazine rings is 1. The van der Waals surface area contributed by atoms with Gasteiger partial charge in [0.15, 0.2) is 0 Å². The molecule has 0 unspecified atom stereocenters. The topological polar surface area (TPSA) is 119 Å². The number of benzene rings is 2. The van der Waals surface area contributed by atoms with Crippen LogP contribution in [0.25, 0.3) is 22.2 Å². The van der Waals surface area contributed by atoms with Gasteiger partial charge in [0.1, 0.15) is 5.60 Å². The maximum atomic E-state index is 13.4. The van der Waals surface area contributed by atoms with Crippen molar-refractivity contribution in [2.75, 3.05) is 31.9 Å². The maximum Gasteiger partial charge on any atom is 0.419 e. The Hall–Kier alpha value is -3.69. The van der Waals surface area contributed by atoms with E-state index in [0.717, 1.165) is 43.7 Å². The van der Waals surface area contributed by atoms with Crippen LogP contribution in [0.4, 0.5) is 10.5 Å².